The van der Waals surface area contributed by atoms with Crippen LogP contribution in [-0.4, -0.2) is 129 Å². The van der Waals surface area contributed by atoms with Crippen molar-refractivity contribution in [3.8, 4) is 0 Å². The first kappa shape index (κ1) is 80.4. The van der Waals surface area contributed by atoms with Gasteiger partial charge in [0.2, 0.25) is 5.91 Å². The summed E-state index contributed by atoms with van der Waals surface area (Å²) in [5.41, 5.74) is -0.684. The number of fused-ring (bicyclic) bond motifs is 5. The maximum atomic E-state index is 14.5. The largest absolute Gasteiger partial charge is 1.00 e. The molecule has 1 amide bonds. The van der Waals surface area contributed by atoms with Crippen molar-refractivity contribution in [2.75, 3.05) is 53.2 Å². The molecular weight excluding hydrogens is 1150 g/mol. The van der Waals surface area contributed by atoms with Crippen molar-refractivity contribution in [3.05, 3.63) is 12.2 Å². The van der Waals surface area contributed by atoms with Gasteiger partial charge in [-0.2, -0.15) is 0 Å². The number of ether oxygens (including phenoxy) is 2. The molecule has 0 radical (unpaired) electrons. The van der Waals surface area contributed by atoms with Crippen molar-refractivity contribution in [2.24, 2.45) is 52.3 Å². The Labute approximate surface area is 551 Å². The minimum atomic E-state index is -5.08. The number of allylic oxidation sites excluding steroid dienone is 2. The number of phosphoric acid groups is 1. The van der Waals surface area contributed by atoms with Crippen LogP contribution in [0.15, 0.2) is 12.2 Å². The summed E-state index contributed by atoms with van der Waals surface area (Å²) in [6, 6.07) is 0. The van der Waals surface area contributed by atoms with Gasteiger partial charge >= 0.3 is 35.5 Å². The minimum Gasteiger partial charge on any atom is -0.756 e. The SMILES string of the molecule is CCCCCCCC/C=C\CCCCCCCC(=O)O[C@@H](CO[C@@H]1CC[C@@]2(C)C(C1)C[C@@H](O)C1C2C[C@H](O)[C@@]2(C)C1CC[C@@H]2[C@H](C)CCC(=O)NCCS(=O)(=O)[O-])C(OP(=O)([O-])OCC[N+](C)(C)C)C(=O)CCCCCCCCCCCCC(C)C.[Na+]. The van der Waals surface area contributed by atoms with Crippen LogP contribution in [0.5, 0.6) is 0 Å². The summed E-state index contributed by atoms with van der Waals surface area (Å²) in [5.74, 6) is -0.882. The fourth-order valence-electron chi connectivity index (χ4n) is 15.6. The van der Waals surface area contributed by atoms with Crippen LogP contribution in [0.4, 0.5) is 0 Å². The summed E-state index contributed by atoms with van der Waals surface area (Å²) in [7, 11) is -3.76. The maximum absolute atomic E-state index is 14.5. The molecule has 0 bridgehead atoms. The Morgan fingerprint density at radius 3 is 1.91 bits per heavy atom. The molecule has 19 heteroatoms. The van der Waals surface area contributed by atoms with E-state index in [1.54, 1.807) is 0 Å². The molecule has 0 heterocycles. The summed E-state index contributed by atoms with van der Waals surface area (Å²) in [6.45, 7) is 13.1. The summed E-state index contributed by atoms with van der Waals surface area (Å²) < 4.78 is 71.3. The van der Waals surface area contributed by atoms with Crippen LogP contribution in [0.1, 0.15) is 266 Å². The van der Waals surface area contributed by atoms with Gasteiger partial charge in [0.05, 0.1) is 61.9 Å². The molecule has 4 aliphatic carbocycles. The Balaban J connectivity index is 0.0000198. The molecule has 502 valence electrons. The molecule has 0 aliphatic heterocycles. The Kier molecular flexibility index (Phi) is 38.0. The Morgan fingerprint density at radius 1 is 0.747 bits per heavy atom. The van der Waals surface area contributed by atoms with Gasteiger partial charge in [0.25, 0.3) is 7.82 Å². The molecule has 0 saturated heterocycles. The fourth-order valence-corrected chi connectivity index (χ4v) is 16.8. The molecule has 3 N–H and O–H groups in total. The standard InChI is InChI=1S/C68H125N2O14PS.Na/c1-10-11-12-13-14-15-16-17-18-19-20-25-28-31-34-37-64(75)83-61(66(84-85(76,77)82-46-45-70(7,8)9)59(71)36-33-30-27-24-22-21-23-26-29-32-35-52(2)3)51-81-55-42-43-67(5)54(48-55)49-60(72)65-57-40-39-56(68(57,6)62(73)50-58(65)67)53(4)38-41-63(74)69-44-47-86(78,79)80;/h17-18,52-58,60-62,65-66,72-73H,10-16,19-51H2,1-9H3,(H2-,69,74,76,77,78,79,80);/q;+1/p-1/b18-17-;/t53-,54?,55-,56-,57?,58?,60-,61+,62+,65?,66?,67+,68-;/m1./s1. The van der Waals surface area contributed by atoms with E-state index < -0.39 is 65.3 Å². The number of quaternary nitrogens is 1. The number of likely N-dealkylation sites (N-methyl/N-ethyl adjacent to an activating group) is 1. The summed E-state index contributed by atoms with van der Waals surface area (Å²) in [4.78, 5) is 54.7. The molecule has 6 unspecified atom stereocenters. The van der Waals surface area contributed by atoms with E-state index in [9.17, 15) is 47.0 Å². The number of carbonyl (C=O) groups is 3. The topological polar surface area (TPSA) is 238 Å². The number of ketones is 1. The van der Waals surface area contributed by atoms with Crippen LogP contribution in [0.25, 0.3) is 0 Å². The second-order valence-electron chi connectivity index (χ2n) is 29.1. The maximum Gasteiger partial charge on any atom is 1.00 e. The molecule has 0 aromatic heterocycles. The fraction of sp³-hybridized carbons (Fsp3) is 0.926. The number of aliphatic hydroxyl groups is 2. The Hall–Kier alpha value is -0.790. The third-order valence-corrected chi connectivity index (χ3v) is 22.5. The monoisotopic (exact) mass is 1280 g/mol. The third-order valence-electron chi connectivity index (χ3n) is 20.8. The Morgan fingerprint density at radius 2 is 1.32 bits per heavy atom. The molecular formula is C68H124N2NaO14PS. The molecule has 4 aliphatic rings. The van der Waals surface area contributed by atoms with Crippen LogP contribution in [0.2, 0.25) is 0 Å². The first-order valence-electron chi connectivity index (χ1n) is 34.7. The summed E-state index contributed by atoms with van der Waals surface area (Å²) >= 11 is 0. The van der Waals surface area contributed by atoms with E-state index in [0.29, 0.717) is 56.0 Å². The van der Waals surface area contributed by atoms with Crippen molar-refractivity contribution in [3.63, 3.8) is 0 Å². The molecule has 4 fully saturated rings. The molecule has 87 heavy (non-hydrogen) atoms. The molecule has 0 aromatic carbocycles. The minimum absolute atomic E-state index is 0. The molecule has 0 aromatic rings. The zero-order valence-corrected chi connectivity index (χ0v) is 60.2. The van der Waals surface area contributed by atoms with Crippen LogP contribution >= 0.6 is 7.82 Å². The number of hydrogen-bond donors (Lipinski definition) is 3. The van der Waals surface area contributed by atoms with Gasteiger partial charge in [0.1, 0.15) is 13.2 Å². The zero-order valence-electron chi connectivity index (χ0n) is 56.5. The second-order valence-corrected chi connectivity index (χ2v) is 32.0. The van der Waals surface area contributed by atoms with E-state index in [1.807, 2.05) is 21.1 Å². The van der Waals surface area contributed by atoms with Gasteiger partial charge in [-0.15, -0.1) is 0 Å². The summed E-state index contributed by atoms with van der Waals surface area (Å²) in [6.07, 6.45) is 32.3. The van der Waals surface area contributed by atoms with Gasteiger partial charge in [-0.3, -0.25) is 18.9 Å². The van der Waals surface area contributed by atoms with E-state index in [2.05, 4.69) is 59.0 Å². The average Bonchev–Trinajstić information content (AvgIpc) is 1.79. The first-order valence-corrected chi connectivity index (χ1v) is 37.7. The zero-order chi connectivity index (χ0) is 63.4. The number of phosphoric ester groups is 1. The number of hydrogen-bond acceptors (Lipinski definition) is 14. The predicted octanol–water partition coefficient (Wildman–Crippen LogP) is 10.5. The molecule has 4 rings (SSSR count). The Bertz CT molecular complexity index is 2150. The van der Waals surface area contributed by atoms with Gasteiger partial charge in [-0.1, -0.05) is 169 Å². The molecule has 0 spiro atoms. The van der Waals surface area contributed by atoms with E-state index >= 15 is 0 Å². The average molecular weight is 1280 g/mol. The molecule has 16 nitrogen and oxygen atoms in total. The van der Waals surface area contributed by atoms with Gasteiger partial charge in [0.15, 0.2) is 18.0 Å². The third kappa shape index (κ3) is 29.2. The van der Waals surface area contributed by atoms with Crippen molar-refractivity contribution < 1.29 is 99.6 Å². The summed E-state index contributed by atoms with van der Waals surface area (Å²) in [5, 5.41) is 27.1. The van der Waals surface area contributed by atoms with E-state index in [0.717, 1.165) is 89.4 Å². The van der Waals surface area contributed by atoms with Crippen molar-refractivity contribution in [1.82, 2.24) is 5.32 Å². The van der Waals surface area contributed by atoms with Crippen molar-refractivity contribution in [1.29, 1.82) is 0 Å². The van der Waals surface area contributed by atoms with E-state index in [1.165, 1.54) is 77.0 Å². The van der Waals surface area contributed by atoms with Gasteiger partial charge in [0, 0.05) is 25.8 Å². The van der Waals surface area contributed by atoms with E-state index in [4.69, 9.17) is 18.5 Å². The van der Waals surface area contributed by atoms with Crippen LogP contribution in [0, 0.1) is 52.3 Å². The smallest absolute Gasteiger partial charge is 0.756 e. The van der Waals surface area contributed by atoms with E-state index in [-0.39, 0.29) is 122 Å². The second kappa shape index (κ2) is 41.1. The number of carbonyl (C=O) groups excluding carboxylic acids is 3. The van der Waals surface area contributed by atoms with Crippen molar-refractivity contribution in [2.45, 2.75) is 297 Å². The molecule has 14 atom stereocenters. The van der Waals surface area contributed by atoms with Crippen LogP contribution in [-0.2, 0) is 47.6 Å². The van der Waals surface area contributed by atoms with Crippen LogP contribution in [0.3, 0.4) is 0 Å². The quantitative estimate of drug-likeness (QED) is 0.00978. The number of Topliss-reactive ketones (excluding diaryl/α,β-unsaturated/α-hetero) is 1. The number of nitrogens with one attached hydrogen (secondary N) is 1. The normalized spacial score (nSPS) is 27.4. The number of esters is 1. The number of nitrogens with zero attached hydrogens (tertiary/aromatic N) is 1. The number of aliphatic hydroxyl groups excluding tert-OH is 2. The number of amides is 1. The number of rotatable bonds is 47. The van der Waals surface area contributed by atoms with Gasteiger partial charge in [-0.05, 0) is 142 Å². The number of unbranched alkanes of at least 4 members (excludes halogenated alkanes) is 20. The van der Waals surface area contributed by atoms with Crippen molar-refractivity contribution >= 4 is 35.6 Å². The van der Waals surface area contributed by atoms with Gasteiger partial charge < -0.3 is 48.0 Å². The van der Waals surface area contributed by atoms with Crippen LogP contribution < -0.4 is 39.8 Å². The van der Waals surface area contributed by atoms with Gasteiger partial charge in [-0.25, -0.2) is 8.42 Å². The molecule has 4 saturated carbocycles. The first-order chi connectivity index (χ1) is 40.7. The predicted molar refractivity (Wildman–Crippen MR) is 340 cm³/mol.